The molecular formula is C14H21N5O4S. The highest BCUT2D eigenvalue weighted by atomic mass is 32.2. The zero-order valence-corrected chi connectivity index (χ0v) is 14.1. The van der Waals surface area contributed by atoms with Crippen LogP contribution in [0, 0.1) is 0 Å². The number of rotatable bonds is 6. The summed E-state index contributed by atoms with van der Waals surface area (Å²) in [5.74, 6) is -0.0450. The number of hydrogen-bond donors (Lipinski definition) is 4. The zero-order chi connectivity index (χ0) is 17.6. The summed E-state index contributed by atoms with van der Waals surface area (Å²) in [6, 6.07) is 5.85. The third-order valence-electron chi connectivity index (χ3n) is 3.25. The predicted octanol–water partition coefficient (Wildman–Crippen LogP) is -0.518. The van der Waals surface area contributed by atoms with Crippen LogP contribution in [0.4, 0.5) is 5.69 Å². The van der Waals surface area contributed by atoms with E-state index in [0.717, 1.165) is 0 Å². The number of nitrogens with zero attached hydrogens (tertiary/aromatic N) is 2. The first kappa shape index (κ1) is 18.2. The minimum atomic E-state index is -3.75. The molecule has 1 aliphatic rings. The average molecular weight is 355 g/mol. The van der Waals surface area contributed by atoms with Crippen molar-refractivity contribution < 1.29 is 18.3 Å². The minimum absolute atomic E-state index is 0.0730. The number of aliphatic hydroxyl groups excluding tert-OH is 1. The monoisotopic (exact) mass is 355 g/mol. The normalized spacial score (nSPS) is 15.3. The molecular weight excluding hydrogens is 334 g/mol. The van der Waals surface area contributed by atoms with E-state index in [-0.39, 0.29) is 23.4 Å². The van der Waals surface area contributed by atoms with Crippen LogP contribution in [0.15, 0.2) is 34.2 Å². The SMILES string of the molecule is CC(=O)Nc1ccc(S(=O)(=O)NC2=NCN(CCCO)CN2)cc1. The van der Waals surface area contributed by atoms with Crippen LogP contribution in [-0.2, 0) is 14.8 Å². The Morgan fingerprint density at radius 2 is 2.08 bits per heavy atom. The van der Waals surface area contributed by atoms with Gasteiger partial charge in [0.1, 0.15) is 0 Å². The van der Waals surface area contributed by atoms with Crippen LogP contribution in [0.25, 0.3) is 0 Å². The molecule has 0 saturated heterocycles. The maximum Gasteiger partial charge on any atom is 0.264 e. The van der Waals surface area contributed by atoms with Gasteiger partial charge in [-0.05, 0) is 30.7 Å². The zero-order valence-electron chi connectivity index (χ0n) is 13.3. The van der Waals surface area contributed by atoms with E-state index < -0.39 is 10.0 Å². The third-order valence-corrected chi connectivity index (χ3v) is 4.60. The average Bonchev–Trinajstić information content (AvgIpc) is 2.54. The lowest BCUT2D eigenvalue weighted by atomic mass is 10.3. The first-order valence-electron chi connectivity index (χ1n) is 7.43. The molecule has 0 fully saturated rings. The number of anilines is 1. The molecule has 0 bridgehead atoms. The van der Waals surface area contributed by atoms with Crippen LogP contribution in [0.1, 0.15) is 13.3 Å². The van der Waals surface area contributed by atoms with Crippen molar-refractivity contribution in [2.24, 2.45) is 4.99 Å². The molecule has 1 heterocycles. The van der Waals surface area contributed by atoms with E-state index in [1.54, 1.807) is 0 Å². The Labute approximate surface area is 140 Å². The van der Waals surface area contributed by atoms with E-state index in [2.05, 4.69) is 20.3 Å². The Morgan fingerprint density at radius 1 is 1.38 bits per heavy atom. The molecule has 24 heavy (non-hydrogen) atoms. The molecule has 132 valence electrons. The lowest BCUT2D eigenvalue weighted by Gasteiger charge is -2.26. The maximum absolute atomic E-state index is 12.3. The van der Waals surface area contributed by atoms with E-state index in [9.17, 15) is 13.2 Å². The molecule has 0 unspecified atom stereocenters. The summed E-state index contributed by atoms with van der Waals surface area (Å²) in [5.41, 5.74) is 0.522. The van der Waals surface area contributed by atoms with Crippen molar-refractivity contribution in [2.45, 2.75) is 18.2 Å². The van der Waals surface area contributed by atoms with Crippen molar-refractivity contribution in [1.29, 1.82) is 0 Å². The second-order valence-electron chi connectivity index (χ2n) is 5.27. The lowest BCUT2D eigenvalue weighted by molar-refractivity contribution is -0.114. The number of aliphatic hydroxyl groups is 1. The number of sulfonamides is 1. The Bertz CT molecular complexity index is 702. The molecule has 1 aromatic rings. The second-order valence-corrected chi connectivity index (χ2v) is 6.95. The smallest absolute Gasteiger partial charge is 0.264 e. The van der Waals surface area contributed by atoms with Crippen molar-refractivity contribution in [3.05, 3.63) is 24.3 Å². The maximum atomic E-state index is 12.3. The highest BCUT2D eigenvalue weighted by Gasteiger charge is 2.19. The quantitative estimate of drug-likeness (QED) is 0.545. The molecule has 0 saturated carbocycles. The fourth-order valence-corrected chi connectivity index (χ4v) is 3.09. The van der Waals surface area contributed by atoms with Crippen molar-refractivity contribution in [3.8, 4) is 0 Å². The molecule has 2 rings (SSSR count). The molecule has 1 aromatic carbocycles. The highest BCUT2D eigenvalue weighted by Crippen LogP contribution is 2.14. The summed E-state index contributed by atoms with van der Waals surface area (Å²) in [7, 11) is -3.75. The molecule has 1 amide bonds. The van der Waals surface area contributed by atoms with E-state index in [0.29, 0.717) is 32.0 Å². The first-order valence-corrected chi connectivity index (χ1v) is 8.91. The Hall–Kier alpha value is -2.17. The van der Waals surface area contributed by atoms with Gasteiger partial charge < -0.3 is 15.7 Å². The Morgan fingerprint density at radius 3 is 2.62 bits per heavy atom. The topological polar surface area (TPSA) is 123 Å². The molecule has 0 aromatic heterocycles. The number of carbonyl (C=O) groups excluding carboxylic acids is 1. The van der Waals surface area contributed by atoms with Crippen molar-refractivity contribution in [3.63, 3.8) is 0 Å². The molecule has 10 heteroatoms. The predicted molar refractivity (Wildman–Crippen MR) is 89.8 cm³/mol. The van der Waals surface area contributed by atoms with Gasteiger partial charge >= 0.3 is 0 Å². The van der Waals surface area contributed by atoms with Gasteiger partial charge in [-0.3, -0.25) is 9.69 Å². The van der Waals surface area contributed by atoms with Crippen molar-refractivity contribution >= 4 is 27.6 Å². The number of carbonyl (C=O) groups is 1. The van der Waals surface area contributed by atoms with Gasteiger partial charge in [-0.1, -0.05) is 0 Å². The van der Waals surface area contributed by atoms with Crippen LogP contribution in [0.3, 0.4) is 0 Å². The van der Waals surface area contributed by atoms with Crippen LogP contribution < -0.4 is 15.4 Å². The van der Waals surface area contributed by atoms with Gasteiger partial charge in [-0.15, -0.1) is 0 Å². The van der Waals surface area contributed by atoms with E-state index in [4.69, 9.17) is 5.11 Å². The van der Waals surface area contributed by atoms with Crippen LogP contribution in [0.5, 0.6) is 0 Å². The highest BCUT2D eigenvalue weighted by molar-refractivity contribution is 7.90. The van der Waals surface area contributed by atoms with Gasteiger partial charge in [-0.2, -0.15) is 0 Å². The first-order chi connectivity index (χ1) is 11.4. The van der Waals surface area contributed by atoms with Gasteiger partial charge in [0.25, 0.3) is 10.0 Å². The number of amides is 1. The molecule has 0 atom stereocenters. The lowest BCUT2D eigenvalue weighted by Crippen LogP contribution is -2.50. The second kappa shape index (κ2) is 8.08. The van der Waals surface area contributed by atoms with E-state index in [1.807, 2.05) is 4.90 Å². The fraction of sp³-hybridized carbons (Fsp3) is 0.429. The largest absolute Gasteiger partial charge is 0.396 e. The summed E-state index contributed by atoms with van der Waals surface area (Å²) in [6.45, 7) is 2.96. The standard InChI is InChI=1S/C14H21N5O4S/c1-11(21)17-12-3-5-13(6-4-12)24(22,23)18-14-15-9-19(10-16-14)7-2-8-20/h3-6,20H,2,7-10H2,1H3,(H,17,21)(H2,15,16,18). The molecule has 4 N–H and O–H groups in total. The number of guanidine groups is 1. The Kier molecular flexibility index (Phi) is 6.12. The summed E-state index contributed by atoms with van der Waals surface area (Å²) in [5, 5.41) is 14.3. The number of benzene rings is 1. The summed E-state index contributed by atoms with van der Waals surface area (Å²) >= 11 is 0. The molecule has 0 spiro atoms. The van der Waals surface area contributed by atoms with Gasteiger partial charge in [0, 0.05) is 25.8 Å². The van der Waals surface area contributed by atoms with Crippen LogP contribution in [0.2, 0.25) is 0 Å². The Balaban J connectivity index is 1.98. The van der Waals surface area contributed by atoms with E-state index in [1.165, 1.54) is 31.2 Å². The molecule has 0 aliphatic carbocycles. The third kappa shape index (κ3) is 5.18. The number of aliphatic imine (C=N–C) groups is 1. The summed E-state index contributed by atoms with van der Waals surface area (Å²) in [4.78, 5) is 17.1. The summed E-state index contributed by atoms with van der Waals surface area (Å²) < 4.78 is 27.0. The summed E-state index contributed by atoms with van der Waals surface area (Å²) in [6.07, 6.45) is 0.638. The van der Waals surface area contributed by atoms with Gasteiger partial charge in [-0.25, -0.2) is 18.1 Å². The molecule has 9 nitrogen and oxygen atoms in total. The minimum Gasteiger partial charge on any atom is -0.396 e. The number of nitrogens with one attached hydrogen (secondary N) is 3. The van der Waals surface area contributed by atoms with E-state index >= 15 is 0 Å². The fourth-order valence-electron chi connectivity index (χ4n) is 2.08. The molecule has 0 radical (unpaired) electrons. The number of hydrogen-bond acceptors (Lipinski definition) is 7. The van der Waals surface area contributed by atoms with Gasteiger partial charge in [0.05, 0.1) is 18.2 Å². The van der Waals surface area contributed by atoms with Gasteiger partial charge in [0.15, 0.2) is 0 Å². The van der Waals surface area contributed by atoms with Crippen molar-refractivity contribution in [1.82, 2.24) is 14.9 Å². The van der Waals surface area contributed by atoms with Crippen molar-refractivity contribution in [2.75, 3.05) is 31.8 Å². The van der Waals surface area contributed by atoms with Gasteiger partial charge in [0.2, 0.25) is 11.9 Å². The van der Waals surface area contributed by atoms with Crippen LogP contribution in [-0.4, -0.2) is 56.8 Å². The van der Waals surface area contributed by atoms with Crippen LogP contribution >= 0.6 is 0 Å². The molecule has 1 aliphatic heterocycles.